The van der Waals surface area contributed by atoms with Crippen LogP contribution in [0.25, 0.3) is 0 Å². The van der Waals surface area contributed by atoms with Gasteiger partial charge in [-0.1, -0.05) is 43.3 Å². The topological polar surface area (TPSA) is 69.7 Å². The van der Waals surface area contributed by atoms with Crippen LogP contribution in [-0.4, -0.2) is 28.9 Å². The number of carbonyl (C=O) groups excluding carboxylic acids is 3. The van der Waals surface area contributed by atoms with Crippen molar-refractivity contribution in [3.8, 4) is 0 Å². The van der Waals surface area contributed by atoms with Crippen LogP contribution in [0, 0.1) is 11.3 Å². The summed E-state index contributed by atoms with van der Waals surface area (Å²) in [6, 6.07) is 9.24. The van der Waals surface area contributed by atoms with Crippen LogP contribution < -0.4 is 0 Å². The van der Waals surface area contributed by atoms with Crippen LogP contribution in [0.4, 0.5) is 0 Å². The van der Waals surface area contributed by atoms with Crippen molar-refractivity contribution < 1.29 is 23.9 Å². The van der Waals surface area contributed by atoms with Gasteiger partial charge in [0, 0.05) is 12.3 Å². The lowest BCUT2D eigenvalue weighted by Gasteiger charge is -2.36. The Bertz CT molecular complexity index is 722. The highest BCUT2D eigenvalue weighted by Gasteiger charge is 2.52. The van der Waals surface area contributed by atoms with E-state index in [0.29, 0.717) is 0 Å². The van der Waals surface area contributed by atoms with E-state index >= 15 is 0 Å². The van der Waals surface area contributed by atoms with E-state index in [1.165, 1.54) is 6.08 Å². The molecule has 0 spiro atoms. The molecule has 0 N–H and O–H groups in total. The fourth-order valence-corrected chi connectivity index (χ4v) is 3.14. The zero-order valence-corrected chi connectivity index (χ0v) is 19.4. The second-order valence-electron chi connectivity index (χ2n) is 9.81. The maximum Gasteiger partial charge on any atom is 0.324 e. The largest absolute Gasteiger partial charge is 0.459 e. The molecule has 1 aromatic rings. The molecule has 0 saturated carbocycles. The fourth-order valence-electron chi connectivity index (χ4n) is 3.14. The molecule has 0 aromatic heterocycles. The maximum atomic E-state index is 13.5. The number of carbonyl (C=O) groups is 3. The third-order valence-electron chi connectivity index (χ3n) is 4.48. The van der Waals surface area contributed by atoms with Gasteiger partial charge in [-0.3, -0.25) is 14.4 Å². The second kappa shape index (κ2) is 10.1. The quantitative estimate of drug-likeness (QED) is 0.319. The molecule has 1 aromatic carbocycles. The molecule has 0 aliphatic heterocycles. The van der Waals surface area contributed by atoms with Crippen LogP contribution in [0.15, 0.2) is 43.0 Å². The summed E-state index contributed by atoms with van der Waals surface area (Å²) in [5.74, 6) is -1.99. The number of ether oxygens (including phenoxy) is 2. The van der Waals surface area contributed by atoms with E-state index in [-0.39, 0.29) is 25.0 Å². The molecule has 30 heavy (non-hydrogen) atoms. The van der Waals surface area contributed by atoms with Crippen LogP contribution in [-0.2, 0) is 30.3 Å². The number of hydrogen-bond donors (Lipinski definition) is 0. The summed E-state index contributed by atoms with van der Waals surface area (Å²) < 4.78 is 11.4. The third kappa shape index (κ3) is 7.77. The first-order valence-corrected chi connectivity index (χ1v) is 10.3. The van der Waals surface area contributed by atoms with Gasteiger partial charge >= 0.3 is 11.9 Å². The van der Waals surface area contributed by atoms with Gasteiger partial charge in [0.25, 0.3) is 0 Å². The first kappa shape index (κ1) is 25.6. The molecular formula is C25H36O5. The highest BCUT2D eigenvalue weighted by atomic mass is 16.6. The number of allylic oxidation sites excluding steroid dienone is 1. The monoisotopic (exact) mass is 416 g/mol. The van der Waals surface area contributed by atoms with Crippen LogP contribution in [0.5, 0.6) is 0 Å². The molecule has 0 heterocycles. The van der Waals surface area contributed by atoms with Gasteiger partial charge < -0.3 is 9.47 Å². The summed E-state index contributed by atoms with van der Waals surface area (Å²) in [5.41, 5.74) is -2.44. The molecule has 0 fully saturated rings. The fraction of sp³-hybridized carbons (Fsp3) is 0.560. The lowest BCUT2D eigenvalue weighted by molar-refractivity contribution is -0.186. The van der Waals surface area contributed by atoms with Gasteiger partial charge in [0.1, 0.15) is 17.0 Å². The van der Waals surface area contributed by atoms with E-state index in [1.54, 1.807) is 48.5 Å². The summed E-state index contributed by atoms with van der Waals surface area (Å²) in [6.45, 7) is 15.8. The van der Waals surface area contributed by atoms with E-state index in [9.17, 15) is 14.4 Å². The van der Waals surface area contributed by atoms with Crippen molar-refractivity contribution >= 4 is 17.7 Å². The molecule has 1 unspecified atom stereocenters. The molecule has 5 heteroatoms. The van der Waals surface area contributed by atoms with Gasteiger partial charge in [-0.15, -0.1) is 6.58 Å². The molecule has 1 rings (SSSR count). The van der Waals surface area contributed by atoms with Crippen molar-refractivity contribution in [3.05, 3.63) is 48.6 Å². The zero-order chi connectivity index (χ0) is 23.2. The minimum absolute atomic E-state index is 0.00159. The predicted octanol–water partition coefficient (Wildman–Crippen LogP) is 5.07. The lowest BCUT2D eigenvalue weighted by Crippen LogP contribution is -2.49. The maximum absolute atomic E-state index is 13.5. The molecule has 0 amide bonds. The molecule has 0 saturated heterocycles. The third-order valence-corrected chi connectivity index (χ3v) is 4.48. The minimum Gasteiger partial charge on any atom is -0.459 e. The predicted molar refractivity (Wildman–Crippen MR) is 118 cm³/mol. The smallest absolute Gasteiger partial charge is 0.324 e. The van der Waals surface area contributed by atoms with Crippen molar-refractivity contribution in [2.24, 2.45) is 11.3 Å². The van der Waals surface area contributed by atoms with Crippen molar-refractivity contribution in [2.75, 3.05) is 0 Å². The van der Waals surface area contributed by atoms with Crippen molar-refractivity contribution in [1.29, 1.82) is 0 Å². The molecule has 1 atom stereocenters. The molecule has 166 valence electrons. The van der Waals surface area contributed by atoms with E-state index in [4.69, 9.17) is 9.47 Å². The van der Waals surface area contributed by atoms with Crippen LogP contribution in [0.3, 0.4) is 0 Å². The van der Waals surface area contributed by atoms with E-state index in [0.717, 1.165) is 5.56 Å². The van der Waals surface area contributed by atoms with Gasteiger partial charge in [0.2, 0.25) is 0 Å². The van der Waals surface area contributed by atoms with Gasteiger partial charge in [-0.2, -0.15) is 0 Å². The Hall–Kier alpha value is -2.43. The summed E-state index contributed by atoms with van der Waals surface area (Å²) in [6.07, 6.45) is 1.78. The van der Waals surface area contributed by atoms with E-state index in [1.807, 2.05) is 30.3 Å². The van der Waals surface area contributed by atoms with E-state index < -0.39 is 34.5 Å². The van der Waals surface area contributed by atoms with Crippen molar-refractivity contribution in [2.45, 2.75) is 78.9 Å². The zero-order valence-electron chi connectivity index (χ0n) is 19.4. The molecule has 5 nitrogen and oxygen atoms in total. The Balaban J connectivity index is 3.53. The van der Waals surface area contributed by atoms with Gasteiger partial charge in [0.05, 0.1) is 0 Å². The number of rotatable bonds is 9. The first-order valence-electron chi connectivity index (χ1n) is 10.3. The Kier molecular flexibility index (Phi) is 8.58. The normalized spacial score (nSPS) is 13.3. The van der Waals surface area contributed by atoms with Crippen molar-refractivity contribution in [1.82, 2.24) is 0 Å². The Morgan fingerprint density at radius 2 is 1.40 bits per heavy atom. The number of hydrogen-bond acceptors (Lipinski definition) is 5. The summed E-state index contributed by atoms with van der Waals surface area (Å²) in [7, 11) is 0. The summed E-state index contributed by atoms with van der Waals surface area (Å²) >= 11 is 0. The van der Waals surface area contributed by atoms with Crippen LogP contribution in [0.2, 0.25) is 0 Å². The van der Waals surface area contributed by atoms with Crippen LogP contribution >= 0.6 is 0 Å². The number of esters is 2. The van der Waals surface area contributed by atoms with Crippen LogP contribution in [0.1, 0.15) is 66.9 Å². The average molecular weight is 417 g/mol. The minimum atomic E-state index is -1.64. The summed E-state index contributed by atoms with van der Waals surface area (Å²) in [4.78, 5) is 39.5. The number of ketones is 1. The Labute approximate surface area is 180 Å². The SMILES string of the molecule is C=CCC(=O)C(C)CC(Cc1ccccc1)(C(=O)OC(C)(C)C)C(=O)OC(C)(C)C. The van der Waals surface area contributed by atoms with Gasteiger partial charge in [-0.05, 0) is 59.9 Å². The Morgan fingerprint density at radius 3 is 1.80 bits per heavy atom. The highest BCUT2D eigenvalue weighted by Crippen LogP contribution is 2.37. The van der Waals surface area contributed by atoms with Gasteiger partial charge in [0.15, 0.2) is 5.41 Å². The second-order valence-corrected chi connectivity index (χ2v) is 9.81. The van der Waals surface area contributed by atoms with E-state index in [2.05, 4.69) is 6.58 Å². The highest BCUT2D eigenvalue weighted by molar-refractivity contribution is 6.01. The average Bonchev–Trinajstić information content (AvgIpc) is 2.59. The lowest BCUT2D eigenvalue weighted by atomic mass is 9.73. The number of Topliss-reactive ketones (excluding diaryl/α,β-unsaturated/α-hetero) is 1. The van der Waals surface area contributed by atoms with Gasteiger partial charge in [-0.25, -0.2) is 0 Å². The summed E-state index contributed by atoms with van der Waals surface area (Å²) in [5, 5.41) is 0. The molecule has 0 aliphatic carbocycles. The molecule has 0 radical (unpaired) electrons. The molecule has 0 aliphatic rings. The number of benzene rings is 1. The Morgan fingerprint density at radius 1 is 0.933 bits per heavy atom. The van der Waals surface area contributed by atoms with Crippen molar-refractivity contribution in [3.63, 3.8) is 0 Å². The first-order chi connectivity index (χ1) is 13.7. The standard InChI is InChI=1S/C25H36O5/c1-9-13-20(26)18(2)16-25(21(27)29-23(3,4)5,22(28)30-24(6,7)8)17-19-14-11-10-12-15-19/h9-12,14-15,18H,1,13,16-17H2,2-8H3. The molecule has 0 bridgehead atoms. The molecular weight excluding hydrogens is 380 g/mol.